The molecular formula is C23H25ClF3NO5. The van der Waals surface area contributed by atoms with Gasteiger partial charge in [0.25, 0.3) is 5.91 Å². The maximum Gasteiger partial charge on any atom is 0.416 e. The monoisotopic (exact) mass is 487 g/mol. The molecule has 0 spiro atoms. The van der Waals surface area contributed by atoms with E-state index < -0.39 is 23.8 Å². The average molecular weight is 488 g/mol. The van der Waals surface area contributed by atoms with E-state index >= 15 is 0 Å². The summed E-state index contributed by atoms with van der Waals surface area (Å²) in [5.41, 5.74) is -0.715. The van der Waals surface area contributed by atoms with Crippen molar-refractivity contribution in [2.45, 2.75) is 40.0 Å². The highest BCUT2D eigenvalue weighted by atomic mass is 35.5. The Hall–Kier alpha value is -2.94. The van der Waals surface area contributed by atoms with Crippen LogP contribution in [0.1, 0.15) is 43.6 Å². The zero-order chi connectivity index (χ0) is 24.8. The molecule has 6 nitrogen and oxygen atoms in total. The quantitative estimate of drug-likeness (QED) is 0.408. The number of nitrogens with zero attached hydrogens (tertiary/aromatic N) is 1. The molecule has 0 fully saturated rings. The minimum atomic E-state index is -4.54. The van der Waals surface area contributed by atoms with E-state index in [1.54, 1.807) is 11.8 Å². The smallest absolute Gasteiger partial charge is 0.416 e. The molecule has 10 heteroatoms. The van der Waals surface area contributed by atoms with Gasteiger partial charge in [-0.2, -0.15) is 13.2 Å². The molecule has 2 aromatic carbocycles. The van der Waals surface area contributed by atoms with Crippen molar-refractivity contribution in [3.63, 3.8) is 0 Å². The second kappa shape index (κ2) is 11.3. The number of hydrogen-bond acceptors (Lipinski definition) is 5. The number of carbonyl (C=O) groups is 2. The lowest BCUT2D eigenvalue weighted by molar-refractivity contribution is -0.150. The predicted octanol–water partition coefficient (Wildman–Crippen LogP) is 5.96. The van der Waals surface area contributed by atoms with Crippen LogP contribution in [0.15, 0.2) is 36.4 Å². The molecule has 0 heterocycles. The third kappa shape index (κ3) is 6.77. The molecule has 0 aliphatic rings. The average Bonchev–Trinajstić information content (AvgIpc) is 2.75. The summed E-state index contributed by atoms with van der Waals surface area (Å²) in [4.78, 5) is 26.5. The molecular weight excluding hydrogens is 463 g/mol. The van der Waals surface area contributed by atoms with E-state index in [-0.39, 0.29) is 40.3 Å². The lowest BCUT2D eigenvalue weighted by atomic mass is 10.1. The molecule has 1 atom stereocenters. The van der Waals surface area contributed by atoms with Gasteiger partial charge in [-0.05, 0) is 58.0 Å². The van der Waals surface area contributed by atoms with Gasteiger partial charge in [0.15, 0.2) is 6.10 Å². The van der Waals surface area contributed by atoms with E-state index in [0.29, 0.717) is 13.1 Å². The zero-order valence-electron chi connectivity index (χ0n) is 18.7. The third-order valence-electron chi connectivity index (χ3n) is 4.64. The van der Waals surface area contributed by atoms with Crippen LogP contribution in [0.2, 0.25) is 5.02 Å². The number of halogens is 4. The summed E-state index contributed by atoms with van der Waals surface area (Å²) in [7, 11) is 0. The van der Waals surface area contributed by atoms with Crippen molar-refractivity contribution in [2.24, 2.45) is 0 Å². The van der Waals surface area contributed by atoms with Crippen LogP contribution in [0.5, 0.6) is 17.2 Å². The van der Waals surface area contributed by atoms with Gasteiger partial charge in [0.2, 0.25) is 0 Å². The first-order valence-corrected chi connectivity index (χ1v) is 10.7. The highest BCUT2D eigenvalue weighted by molar-refractivity contribution is 6.32. The molecule has 33 heavy (non-hydrogen) atoms. The molecule has 0 radical (unpaired) electrons. The molecule has 2 rings (SSSR count). The molecule has 0 aromatic heterocycles. The number of hydrogen-bond donors (Lipinski definition) is 0. The van der Waals surface area contributed by atoms with Crippen LogP contribution in [-0.4, -0.2) is 42.6 Å². The molecule has 0 saturated heterocycles. The largest absolute Gasteiger partial charge is 0.478 e. The van der Waals surface area contributed by atoms with Crippen LogP contribution in [0, 0.1) is 0 Å². The second-order valence-corrected chi connectivity index (χ2v) is 7.30. The van der Waals surface area contributed by atoms with Gasteiger partial charge in [-0.15, -0.1) is 0 Å². The van der Waals surface area contributed by atoms with Gasteiger partial charge >= 0.3 is 12.1 Å². The number of amides is 1. The van der Waals surface area contributed by atoms with Gasteiger partial charge in [-0.25, -0.2) is 4.79 Å². The van der Waals surface area contributed by atoms with Gasteiger partial charge < -0.3 is 19.1 Å². The van der Waals surface area contributed by atoms with E-state index in [2.05, 4.69) is 0 Å². The van der Waals surface area contributed by atoms with Crippen LogP contribution in [0.25, 0.3) is 0 Å². The van der Waals surface area contributed by atoms with E-state index in [1.807, 2.05) is 13.8 Å². The SMILES string of the molecule is CCOC(=O)C(C)Oc1cc(Oc2ccc(C(F)(F)F)cc2Cl)ccc1C(=O)N(CC)CC. The third-order valence-corrected chi connectivity index (χ3v) is 4.94. The van der Waals surface area contributed by atoms with Crippen molar-refractivity contribution in [2.75, 3.05) is 19.7 Å². The minimum absolute atomic E-state index is 0.0168. The summed E-state index contributed by atoms with van der Waals surface area (Å²) in [6, 6.07) is 7.01. The Kier molecular flexibility index (Phi) is 8.99. The van der Waals surface area contributed by atoms with Crippen molar-refractivity contribution in [1.82, 2.24) is 4.90 Å². The van der Waals surface area contributed by atoms with Crippen molar-refractivity contribution in [3.05, 3.63) is 52.5 Å². The normalized spacial score (nSPS) is 12.1. The summed E-state index contributed by atoms with van der Waals surface area (Å²) in [5.74, 6) is -0.732. The number of alkyl halides is 3. The molecule has 1 amide bonds. The first kappa shape index (κ1) is 26.3. The molecule has 0 aliphatic heterocycles. The second-order valence-electron chi connectivity index (χ2n) is 6.89. The van der Waals surface area contributed by atoms with Gasteiger partial charge in [-0.1, -0.05) is 11.6 Å². The topological polar surface area (TPSA) is 65.1 Å². The standard InChI is InChI=1S/C23H25ClF3NO5/c1-5-28(6-2)21(29)17-10-9-16(13-20(17)32-14(4)22(30)31-7-3)33-19-11-8-15(12-18(19)24)23(25,26)27/h8-14H,5-7H2,1-4H3. The van der Waals surface area contributed by atoms with E-state index in [4.69, 9.17) is 25.8 Å². The van der Waals surface area contributed by atoms with Gasteiger partial charge in [0.1, 0.15) is 17.2 Å². The Morgan fingerprint density at radius 2 is 1.70 bits per heavy atom. The summed E-state index contributed by atoms with van der Waals surface area (Å²) < 4.78 is 54.9. The van der Waals surface area contributed by atoms with Crippen LogP contribution < -0.4 is 9.47 Å². The maximum atomic E-state index is 12.9. The zero-order valence-corrected chi connectivity index (χ0v) is 19.4. The Balaban J connectivity index is 2.41. The fourth-order valence-corrected chi connectivity index (χ4v) is 3.13. The fraction of sp³-hybridized carbons (Fsp3) is 0.391. The number of carbonyl (C=O) groups excluding carboxylic acids is 2. The number of esters is 1. The number of ether oxygens (including phenoxy) is 3. The summed E-state index contributed by atoms with van der Waals surface area (Å²) >= 11 is 5.97. The molecule has 0 bridgehead atoms. The fourth-order valence-electron chi connectivity index (χ4n) is 2.91. The maximum absolute atomic E-state index is 12.9. The van der Waals surface area contributed by atoms with Gasteiger partial charge in [-0.3, -0.25) is 4.79 Å². The lowest BCUT2D eigenvalue weighted by Gasteiger charge is -2.22. The first-order chi connectivity index (χ1) is 15.5. The van der Waals surface area contributed by atoms with Crippen LogP contribution >= 0.6 is 11.6 Å². The Labute approximate surface area is 195 Å². The van der Waals surface area contributed by atoms with Crippen molar-refractivity contribution < 1.29 is 37.0 Å². The lowest BCUT2D eigenvalue weighted by Crippen LogP contribution is -2.32. The van der Waals surface area contributed by atoms with Crippen LogP contribution in [0.3, 0.4) is 0 Å². The number of rotatable bonds is 9. The first-order valence-electron chi connectivity index (χ1n) is 10.3. The molecule has 1 unspecified atom stereocenters. The van der Waals surface area contributed by atoms with Crippen molar-refractivity contribution >= 4 is 23.5 Å². The Bertz CT molecular complexity index is 993. The van der Waals surface area contributed by atoms with Crippen molar-refractivity contribution in [3.8, 4) is 17.2 Å². The number of benzene rings is 2. The Morgan fingerprint density at radius 3 is 2.24 bits per heavy atom. The highest BCUT2D eigenvalue weighted by Gasteiger charge is 2.31. The van der Waals surface area contributed by atoms with Crippen LogP contribution in [0.4, 0.5) is 13.2 Å². The Morgan fingerprint density at radius 1 is 1.03 bits per heavy atom. The molecule has 180 valence electrons. The summed E-state index contributed by atoms with van der Waals surface area (Å²) in [6.07, 6.45) is -5.56. The molecule has 0 saturated carbocycles. The molecule has 0 aliphatic carbocycles. The predicted molar refractivity (Wildman–Crippen MR) is 117 cm³/mol. The van der Waals surface area contributed by atoms with Crippen molar-refractivity contribution in [1.29, 1.82) is 0 Å². The van der Waals surface area contributed by atoms with Gasteiger partial charge in [0, 0.05) is 19.2 Å². The molecule has 0 N–H and O–H groups in total. The highest BCUT2D eigenvalue weighted by Crippen LogP contribution is 2.37. The van der Waals surface area contributed by atoms with E-state index in [1.165, 1.54) is 25.1 Å². The van der Waals surface area contributed by atoms with Crippen LogP contribution in [-0.2, 0) is 15.7 Å². The summed E-state index contributed by atoms with van der Waals surface area (Å²) in [5, 5.41) is -0.240. The minimum Gasteiger partial charge on any atom is -0.478 e. The van der Waals surface area contributed by atoms with Gasteiger partial charge in [0.05, 0.1) is 22.8 Å². The van der Waals surface area contributed by atoms with E-state index in [0.717, 1.165) is 18.2 Å². The van der Waals surface area contributed by atoms with E-state index in [9.17, 15) is 22.8 Å². The molecule has 2 aromatic rings. The summed E-state index contributed by atoms with van der Waals surface area (Å²) in [6.45, 7) is 7.86.